The van der Waals surface area contributed by atoms with E-state index in [1.165, 1.54) is 6.42 Å². The molecular weight excluding hydrogens is 136 g/mol. The Hall–Kier alpha value is -0.0400. The largest absolute Gasteiger partial charge is 0.393 e. The van der Waals surface area contributed by atoms with E-state index in [0.717, 1.165) is 18.3 Å². The van der Waals surface area contributed by atoms with Gasteiger partial charge in [-0.1, -0.05) is 20.8 Å². The Morgan fingerprint density at radius 3 is 2.27 bits per heavy atom. The van der Waals surface area contributed by atoms with Crippen molar-refractivity contribution in [3.05, 3.63) is 0 Å². The summed E-state index contributed by atoms with van der Waals surface area (Å²) < 4.78 is 0. The molecule has 4 atom stereocenters. The first kappa shape index (κ1) is 7.60. The number of aliphatic hydroxyl groups is 1. The fourth-order valence-electron chi connectivity index (χ4n) is 3.04. The van der Waals surface area contributed by atoms with Gasteiger partial charge in [-0.15, -0.1) is 0 Å². The third kappa shape index (κ3) is 0.807. The van der Waals surface area contributed by atoms with Crippen LogP contribution in [0.25, 0.3) is 0 Å². The third-order valence-corrected chi connectivity index (χ3v) is 4.16. The Kier molecular flexibility index (Phi) is 1.39. The Labute approximate surface area is 68.8 Å². The van der Waals surface area contributed by atoms with Crippen LogP contribution in [0.15, 0.2) is 0 Å². The summed E-state index contributed by atoms with van der Waals surface area (Å²) in [5.74, 6) is 2.18. The van der Waals surface area contributed by atoms with Crippen molar-refractivity contribution < 1.29 is 5.11 Å². The van der Waals surface area contributed by atoms with Gasteiger partial charge in [-0.2, -0.15) is 0 Å². The van der Waals surface area contributed by atoms with Gasteiger partial charge in [0.25, 0.3) is 0 Å². The van der Waals surface area contributed by atoms with E-state index in [-0.39, 0.29) is 6.10 Å². The Morgan fingerprint density at radius 2 is 2.00 bits per heavy atom. The standard InChI is InChI=1S/C10H18O/c1-6(2)10-4-8(10)7(3)9(11)5-10/h6-9,11H,4-5H2,1-3H3/t7-,8+,9+,10-/m0/s1. The zero-order chi connectivity index (χ0) is 8.22. The van der Waals surface area contributed by atoms with Gasteiger partial charge in [-0.3, -0.25) is 0 Å². The van der Waals surface area contributed by atoms with Crippen molar-refractivity contribution in [1.29, 1.82) is 0 Å². The summed E-state index contributed by atoms with van der Waals surface area (Å²) in [6, 6.07) is 0. The molecular formula is C10H18O. The Bertz CT molecular complexity index is 176. The van der Waals surface area contributed by atoms with Gasteiger partial charge in [0, 0.05) is 0 Å². The van der Waals surface area contributed by atoms with Crippen LogP contribution in [0, 0.1) is 23.2 Å². The molecule has 64 valence electrons. The normalized spacial score (nSPS) is 54.8. The molecule has 2 rings (SSSR count). The van der Waals surface area contributed by atoms with Gasteiger partial charge in [0.15, 0.2) is 0 Å². The van der Waals surface area contributed by atoms with Crippen molar-refractivity contribution in [1.82, 2.24) is 0 Å². The first-order valence-electron chi connectivity index (χ1n) is 4.76. The molecule has 0 saturated heterocycles. The van der Waals surface area contributed by atoms with Crippen molar-refractivity contribution in [3.8, 4) is 0 Å². The van der Waals surface area contributed by atoms with E-state index in [4.69, 9.17) is 0 Å². The molecule has 11 heavy (non-hydrogen) atoms. The fourth-order valence-corrected chi connectivity index (χ4v) is 3.04. The minimum atomic E-state index is -0.00356. The molecule has 2 aliphatic carbocycles. The van der Waals surface area contributed by atoms with Gasteiger partial charge in [0.05, 0.1) is 6.10 Å². The monoisotopic (exact) mass is 154 g/mol. The van der Waals surface area contributed by atoms with Crippen molar-refractivity contribution in [2.24, 2.45) is 23.2 Å². The number of hydrogen-bond donors (Lipinski definition) is 1. The number of fused-ring (bicyclic) bond motifs is 1. The van der Waals surface area contributed by atoms with Gasteiger partial charge < -0.3 is 5.11 Å². The van der Waals surface area contributed by atoms with Crippen molar-refractivity contribution in [3.63, 3.8) is 0 Å². The smallest absolute Gasteiger partial charge is 0.0574 e. The predicted molar refractivity (Wildman–Crippen MR) is 45.2 cm³/mol. The van der Waals surface area contributed by atoms with Crippen LogP contribution in [0.4, 0.5) is 0 Å². The molecule has 0 bridgehead atoms. The average molecular weight is 154 g/mol. The van der Waals surface area contributed by atoms with E-state index >= 15 is 0 Å². The first-order chi connectivity index (χ1) is 5.08. The van der Waals surface area contributed by atoms with Crippen molar-refractivity contribution in [2.45, 2.75) is 39.7 Å². The van der Waals surface area contributed by atoms with Crippen LogP contribution in [0.3, 0.4) is 0 Å². The van der Waals surface area contributed by atoms with Crippen LogP contribution in [0.5, 0.6) is 0 Å². The van der Waals surface area contributed by atoms with Crippen LogP contribution in [0.1, 0.15) is 33.6 Å². The lowest BCUT2D eigenvalue weighted by Crippen LogP contribution is -2.15. The molecule has 2 fully saturated rings. The molecule has 0 radical (unpaired) electrons. The minimum absolute atomic E-state index is 0.00356. The highest BCUT2D eigenvalue weighted by Gasteiger charge is 2.64. The van der Waals surface area contributed by atoms with E-state index in [1.54, 1.807) is 0 Å². The fraction of sp³-hybridized carbons (Fsp3) is 1.00. The zero-order valence-electron chi connectivity index (χ0n) is 7.67. The zero-order valence-corrected chi connectivity index (χ0v) is 7.67. The SMILES string of the molecule is CC(C)[C@]12C[C@@H](O)[C@@H](C)[C@H]1C2. The van der Waals surface area contributed by atoms with Crippen LogP contribution < -0.4 is 0 Å². The second kappa shape index (κ2) is 2.01. The van der Waals surface area contributed by atoms with Crippen LogP contribution >= 0.6 is 0 Å². The van der Waals surface area contributed by atoms with Crippen molar-refractivity contribution >= 4 is 0 Å². The summed E-state index contributed by atoms with van der Waals surface area (Å²) in [5, 5.41) is 9.61. The van der Waals surface area contributed by atoms with Crippen LogP contribution in [-0.4, -0.2) is 11.2 Å². The summed E-state index contributed by atoms with van der Waals surface area (Å²) in [4.78, 5) is 0. The Morgan fingerprint density at radius 1 is 1.36 bits per heavy atom. The van der Waals surface area contributed by atoms with E-state index in [0.29, 0.717) is 11.3 Å². The molecule has 0 aromatic rings. The molecule has 2 aliphatic rings. The first-order valence-corrected chi connectivity index (χ1v) is 4.76. The molecule has 0 aromatic carbocycles. The van der Waals surface area contributed by atoms with Gasteiger partial charge in [-0.05, 0) is 36.0 Å². The molecule has 0 amide bonds. The molecule has 2 saturated carbocycles. The predicted octanol–water partition coefficient (Wildman–Crippen LogP) is 2.05. The summed E-state index contributed by atoms with van der Waals surface area (Å²) >= 11 is 0. The molecule has 0 heterocycles. The molecule has 1 N–H and O–H groups in total. The third-order valence-electron chi connectivity index (χ3n) is 4.16. The average Bonchev–Trinajstić information content (AvgIpc) is 2.57. The molecule has 0 aromatic heterocycles. The second-order valence-corrected chi connectivity index (χ2v) is 4.83. The van der Waals surface area contributed by atoms with Gasteiger partial charge >= 0.3 is 0 Å². The summed E-state index contributed by atoms with van der Waals surface area (Å²) in [5.41, 5.74) is 0.554. The molecule has 0 aliphatic heterocycles. The maximum Gasteiger partial charge on any atom is 0.0574 e. The van der Waals surface area contributed by atoms with E-state index in [9.17, 15) is 5.11 Å². The molecule has 0 spiro atoms. The van der Waals surface area contributed by atoms with E-state index in [2.05, 4.69) is 20.8 Å². The van der Waals surface area contributed by atoms with Crippen LogP contribution in [0.2, 0.25) is 0 Å². The summed E-state index contributed by atoms with van der Waals surface area (Å²) in [7, 11) is 0. The van der Waals surface area contributed by atoms with Crippen molar-refractivity contribution in [2.75, 3.05) is 0 Å². The number of hydrogen-bond acceptors (Lipinski definition) is 1. The highest BCUT2D eigenvalue weighted by atomic mass is 16.3. The molecule has 0 unspecified atom stereocenters. The maximum atomic E-state index is 9.61. The van der Waals surface area contributed by atoms with Crippen LogP contribution in [-0.2, 0) is 0 Å². The number of aliphatic hydroxyl groups excluding tert-OH is 1. The van der Waals surface area contributed by atoms with Gasteiger partial charge in [0.2, 0.25) is 0 Å². The Balaban J connectivity index is 2.13. The highest BCUT2D eigenvalue weighted by Crippen LogP contribution is 2.69. The lowest BCUT2D eigenvalue weighted by Gasteiger charge is -2.17. The topological polar surface area (TPSA) is 20.2 Å². The highest BCUT2D eigenvalue weighted by molar-refractivity contribution is 5.13. The van der Waals surface area contributed by atoms with Gasteiger partial charge in [-0.25, -0.2) is 0 Å². The summed E-state index contributed by atoms with van der Waals surface area (Å²) in [6.45, 7) is 6.79. The van der Waals surface area contributed by atoms with E-state index in [1.807, 2.05) is 0 Å². The van der Waals surface area contributed by atoms with Gasteiger partial charge in [0.1, 0.15) is 0 Å². The van der Waals surface area contributed by atoms with E-state index < -0.39 is 0 Å². The second-order valence-electron chi connectivity index (χ2n) is 4.83. The minimum Gasteiger partial charge on any atom is -0.393 e. The quantitative estimate of drug-likeness (QED) is 0.613. The summed E-state index contributed by atoms with van der Waals surface area (Å²) in [6.07, 6.45) is 2.44. The molecule has 1 nitrogen and oxygen atoms in total. The number of rotatable bonds is 1. The lowest BCUT2D eigenvalue weighted by atomic mass is 9.89. The maximum absolute atomic E-state index is 9.61. The lowest BCUT2D eigenvalue weighted by molar-refractivity contribution is 0.113. The molecule has 1 heteroatoms.